The van der Waals surface area contributed by atoms with E-state index >= 15 is 0 Å². The third kappa shape index (κ3) is 3.96. The van der Waals surface area contributed by atoms with Crippen molar-refractivity contribution in [3.63, 3.8) is 0 Å². The van der Waals surface area contributed by atoms with Crippen LogP contribution >= 0.6 is 0 Å². The maximum atomic E-state index is 12.4. The molecule has 0 amide bonds. The molecule has 0 saturated heterocycles. The normalized spacial score (nSPS) is 16.0. The van der Waals surface area contributed by atoms with Crippen molar-refractivity contribution in [2.75, 3.05) is 0 Å². The summed E-state index contributed by atoms with van der Waals surface area (Å²) in [7, 11) is 0. The van der Waals surface area contributed by atoms with Crippen molar-refractivity contribution in [2.24, 2.45) is 0 Å². The van der Waals surface area contributed by atoms with Crippen molar-refractivity contribution in [3.05, 3.63) is 53.3 Å². The predicted octanol–water partition coefficient (Wildman–Crippen LogP) is 0.991. The number of allylic oxidation sites excluding steroid dienone is 1. The Morgan fingerprint density at radius 2 is 1.72 bits per heavy atom. The quantitative estimate of drug-likeness (QED) is 0.347. The average molecular weight is 402 g/mol. The van der Waals surface area contributed by atoms with Gasteiger partial charge in [-0.05, 0) is 35.9 Å². The van der Waals surface area contributed by atoms with Crippen molar-refractivity contribution >= 4 is 23.8 Å². The first kappa shape index (κ1) is 19.7. The maximum Gasteiger partial charge on any atom is 0.348 e. The van der Waals surface area contributed by atoms with Gasteiger partial charge < -0.3 is 35.0 Å². The molecule has 150 valence electrons. The van der Waals surface area contributed by atoms with Crippen LogP contribution in [0.15, 0.2) is 42.2 Å². The number of hydrogen-bond acceptors (Lipinski definition) is 8. The summed E-state index contributed by atoms with van der Waals surface area (Å²) >= 11 is 0. The number of ether oxygens (including phenoxy) is 2. The number of fused-ring (bicyclic) bond motifs is 1. The Labute approximate surface area is 162 Å². The van der Waals surface area contributed by atoms with Crippen LogP contribution < -0.4 is 9.47 Å². The van der Waals surface area contributed by atoms with E-state index in [4.69, 9.17) is 19.7 Å². The van der Waals surface area contributed by atoms with E-state index in [9.17, 15) is 29.7 Å². The summed E-state index contributed by atoms with van der Waals surface area (Å²) < 4.78 is 10.5. The van der Waals surface area contributed by atoms with E-state index in [2.05, 4.69) is 0 Å². The lowest BCUT2D eigenvalue weighted by Crippen LogP contribution is -2.43. The molecule has 2 aromatic carbocycles. The van der Waals surface area contributed by atoms with E-state index in [-0.39, 0.29) is 34.3 Å². The number of benzene rings is 2. The molecule has 1 aliphatic rings. The van der Waals surface area contributed by atoms with Gasteiger partial charge in [-0.2, -0.15) is 0 Å². The van der Waals surface area contributed by atoms with Gasteiger partial charge in [-0.15, -0.1) is 0 Å². The molecule has 3 rings (SSSR count). The highest BCUT2D eigenvalue weighted by molar-refractivity contribution is 6.14. The summed E-state index contributed by atoms with van der Waals surface area (Å²) in [5.74, 6) is -4.84. The molecule has 2 atom stereocenters. The molecular formula is C19H14O10. The number of aliphatic hydroxyl groups excluding tert-OH is 1. The Hall–Kier alpha value is -4.05. The van der Waals surface area contributed by atoms with Crippen LogP contribution in [0.4, 0.5) is 0 Å². The van der Waals surface area contributed by atoms with Crippen molar-refractivity contribution in [3.8, 4) is 23.0 Å². The lowest BCUT2D eigenvalue weighted by molar-refractivity contribution is -0.163. The number of ketones is 1. The molecule has 0 aromatic heterocycles. The second-order valence-electron chi connectivity index (χ2n) is 6.01. The molecule has 29 heavy (non-hydrogen) atoms. The standard InChI is InChI=1S/C19H14O10/c20-11-4-1-8(5-12(11)21)6-14-15(22)10-3-2-9(7-13(10)29-14)28-17(19(26)27)16(23)18(24)25/h1-7,16-17,20-21,23H,(H,24,25)(H,26,27). The number of aliphatic hydroxyl groups is 1. The summed E-state index contributed by atoms with van der Waals surface area (Å²) in [6, 6.07) is 7.63. The van der Waals surface area contributed by atoms with Crippen LogP contribution in [0.25, 0.3) is 6.08 Å². The highest BCUT2D eigenvalue weighted by Crippen LogP contribution is 2.36. The topological polar surface area (TPSA) is 171 Å². The summed E-state index contributed by atoms with van der Waals surface area (Å²) in [5, 5.41) is 46.2. The monoisotopic (exact) mass is 402 g/mol. The minimum atomic E-state index is -2.30. The van der Waals surface area contributed by atoms with Crippen molar-refractivity contribution in [1.29, 1.82) is 0 Å². The first-order valence-electron chi connectivity index (χ1n) is 8.08. The maximum absolute atomic E-state index is 12.4. The number of carboxylic acid groups (broad SMARTS) is 2. The van der Waals surface area contributed by atoms with E-state index in [1.807, 2.05) is 0 Å². The van der Waals surface area contributed by atoms with Crippen molar-refractivity contribution in [1.82, 2.24) is 0 Å². The molecule has 2 unspecified atom stereocenters. The highest BCUT2D eigenvalue weighted by Gasteiger charge is 2.35. The number of rotatable bonds is 6. The van der Waals surface area contributed by atoms with Gasteiger partial charge in [-0.3, -0.25) is 4.79 Å². The fraction of sp³-hybridized carbons (Fsp3) is 0.105. The second kappa shape index (κ2) is 7.52. The number of carbonyl (C=O) groups is 3. The first-order valence-corrected chi connectivity index (χ1v) is 8.08. The van der Waals surface area contributed by atoms with E-state index in [1.54, 1.807) is 0 Å². The number of aromatic hydroxyl groups is 2. The van der Waals surface area contributed by atoms with E-state index in [0.717, 1.165) is 0 Å². The first-order chi connectivity index (χ1) is 13.7. The average Bonchev–Trinajstić information content (AvgIpc) is 2.97. The van der Waals surface area contributed by atoms with E-state index < -0.39 is 29.9 Å². The van der Waals surface area contributed by atoms with E-state index in [0.29, 0.717) is 5.56 Å². The zero-order valence-corrected chi connectivity index (χ0v) is 14.5. The van der Waals surface area contributed by atoms with Gasteiger partial charge in [0.05, 0.1) is 5.56 Å². The number of phenols is 2. The molecule has 5 N–H and O–H groups in total. The lowest BCUT2D eigenvalue weighted by atomic mass is 10.1. The molecule has 0 saturated carbocycles. The number of carboxylic acids is 2. The third-order valence-electron chi connectivity index (χ3n) is 3.98. The van der Waals surface area contributed by atoms with Gasteiger partial charge in [0.15, 0.2) is 23.4 Å². The molecule has 0 bridgehead atoms. The molecular weight excluding hydrogens is 388 g/mol. The van der Waals surface area contributed by atoms with Gasteiger partial charge in [0.1, 0.15) is 11.5 Å². The Bertz CT molecular complexity index is 1040. The predicted molar refractivity (Wildman–Crippen MR) is 94.8 cm³/mol. The molecule has 1 aliphatic heterocycles. The zero-order valence-electron chi connectivity index (χ0n) is 14.5. The van der Waals surface area contributed by atoms with Gasteiger partial charge in [-0.25, -0.2) is 9.59 Å². The molecule has 0 radical (unpaired) electrons. The minimum Gasteiger partial charge on any atom is -0.504 e. The Morgan fingerprint density at radius 3 is 2.34 bits per heavy atom. The SMILES string of the molecule is O=C1C(=Cc2ccc(O)c(O)c2)Oc2cc(OC(C(=O)O)C(O)C(=O)O)ccc21. The number of hydrogen-bond donors (Lipinski definition) is 5. The highest BCUT2D eigenvalue weighted by atomic mass is 16.5. The van der Waals surface area contributed by atoms with Gasteiger partial charge in [-0.1, -0.05) is 6.07 Å². The number of aliphatic carboxylic acids is 2. The lowest BCUT2D eigenvalue weighted by Gasteiger charge is -2.17. The smallest absolute Gasteiger partial charge is 0.348 e. The number of phenolic OH excluding ortho intramolecular Hbond substituents is 2. The summed E-state index contributed by atoms with van der Waals surface area (Å²) in [4.78, 5) is 34.4. The fourth-order valence-electron chi connectivity index (χ4n) is 2.55. The van der Waals surface area contributed by atoms with Crippen molar-refractivity contribution < 1.29 is 49.4 Å². The van der Waals surface area contributed by atoms with Crippen LogP contribution in [0.5, 0.6) is 23.0 Å². The summed E-state index contributed by atoms with van der Waals surface area (Å²) in [6.45, 7) is 0. The summed E-state index contributed by atoms with van der Waals surface area (Å²) in [5.41, 5.74) is 0.528. The van der Waals surface area contributed by atoms with Gasteiger partial charge in [0.2, 0.25) is 11.9 Å². The van der Waals surface area contributed by atoms with Gasteiger partial charge in [0, 0.05) is 6.07 Å². The van der Waals surface area contributed by atoms with Crippen LogP contribution in [-0.4, -0.2) is 55.5 Å². The fourth-order valence-corrected chi connectivity index (χ4v) is 2.55. The third-order valence-corrected chi connectivity index (χ3v) is 3.98. The van der Waals surface area contributed by atoms with Gasteiger partial charge >= 0.3 is 11.9 Å². The zero-order chi connectivity index (χ0) is 21.3. The molecule has 0 aliphatic carbocycles. The molecule has 10 heteroatoms. The molecule has 1 heterocycles. The van der Waals surface area contributed by atoms with Crippen LogP contribution in [0.2, 0.25) is 0 Å². The van der Waals surface area contributed by atoms with Crippen LogP contribution in [0.3, 0.4) is 0 Å². The largest absolute Gasteiger partial charge is 0.504 e. The van der Waals surface area contributed by atoms with Gasteiger partial charge in [0.25, 0.3) is 0 Å². The molecule has 2 aromatic rings. The Kier molecular flexibility index (Phi) is 5.11. The van der Waals surface area contributed by atoms with Crippen LogP contribution in [0, 0.1) is 0 Å². The molecule has 0 fully saturated rings. The molecule has 0 spiro atoms. The van der Waals surface area contributed by atoms with Crippen LogP contribution in [0.1, 0.15) is 15.9 Å². The second-order valence-corrected chi connectivity index (χ2v) is 6.01. The number of Topliss-reactive ketones (excluding diaryl/α,β-unsaturated/α-hetero) is 1. The van der Waals surface area contributed by atoms with E-state index in [1.165, 1.54) is 42.5 Å². The Balaban J connectivity index is 1.85. The Morgan fingerprint density at radius 1 is 1.00 bits per heavy atom. The van der Waals surface area contributed by atoms with Crippen molar-refractivity contribution in [2.45, 2.75) is 12.2 Å². The van der Waals surface area contributed by atoms with Crippen LogP contribution in [-0.2, 0) is 9.59 Å². The summed E-state index contributed by atoms with van der Waals surface area (Å²) in [6.07, 6.45) is -3.05. The molecule has 10 nitrogen and oxygen atoms in total. The number of carbonyl (C=O) groups excluding carboxylic acids is 1. The minimum absolute atomic E-state index is 0.0377.